The Morgan fingerprint density at radius 3 is 2.42 bits per heavy atom. The van der Waals surface area contributed by atoms with E-state index in [4.69, 9.17) is 10.5 Å². The molecule has 0 aliphatic heterocycles. The third-order valence-corrected chi connectivity index (χ3v) is 3.09. The number of nitrogens with one attached hydrogen (secondary N) is 1. The summed E-state index contributed by atoms with van der Waals surface area (Å²) in [5.41, 5.74) is 10.00. The molecule has 0 saturated heterocycles. The normalized spacial score (nSPS) is 10.2. The topological polar surface area (TPSA) is 47.3 Å². The average Bonchev–Trinajstić information content (AvgIpc) is 2.41. The van der Waals surface area contributed by atoms with Crippen molar-refractivity contribution in [2.24, 2.45) is 0 Å². The van der Waals surface area contributed by atoms with Gasteiger partial charge < -0.3 is 15.8 Å². The van der Waals surface area contributed by atoms with E-state index >= 15 is 0 Å². The average molecular weight is 256 g/mol. The minimum Gasteiger partial charge on any atom is -0.492 e. The summed E-state index contributed by atoms with van der Waals surface area (Å²) in [6, 6.07) is 13.8. The molecule has 0 atom stereocenters. The Morgan fingerprint density at radius 1 is 1.00 bits per heavy atom. The molecule has 0 unspecified atom stereocenters. The summed E-state index contributed by atoms with van der Waals surface area (Å²) in [5, 5.41) is 3.29. The van der Waals surface area contributed by atoms with Crippen LogP contribution in [0, 0.1) is 13.8 Å². The SMILES string of the molecule is Cc1ccc(OCCNc2ccc(N)cc2)cc1C. The second-order valence-electron chi connectivity index (χ2n) is 4.64. The molecule has 2 aromatic rings. The molecule has 0 aliphatic rings. The van der Waals surface area contributed by atoms with Gasteiger partial charge in [-0.3, -0.25) is 0 Å². The highest BCUT2D eigenvalue weighted by molar-refractivity contribution is 5.51. The molecule has 0 bridgehead atoms. The molecule has 3 N–H and O–H groups in total. The first-order valence-electron chi connectivity index (χ1n) is 6.44. The van der Waals surface area contributed by atoms with Gasteiger partial charge in [-0.2, -0.15) is 0 Å². The smallest absolute Gasteiger partial charge is 0.119 e. The van der Waals surface area contributed by atoms with Gasteiger partial charge in [0.25, 0.3) is 0 Å². The van der Waals surface area contributed by atoms with Crippen molar-refractivity contribution < 1.29 is 4.74 Å². The second-order valence-corrected chi connectivity index (χ2v) is 4.64. The Kier molecular flexibility index (Phi) is 4.29. The fourth-order valence-corrected chi connectivity index (χ4v) is 1.77. The Hall–Kier alpha value is -2.16. The lowest BCUT2D eigenvalue weighted by atomic mass is 10.1. The molecule has 3 heteroatoms. The summed E-state index contributed by atoms with van der Waals surface area (Å²) in [6.07, 6.45) is 0. The van der Waals surface area contributed by atoms with Gasteiger partial charge in [-0.15, -0.1) is 0 Å². The first-order chi connectivity index (χ1) is 9.15. The lowest BCUT2D eigenvalue weighted by Gasteiger charge is -2.10. The first kappa shape index (κ1) is 13.3. The third-order valence-electron chi connectivity index (χ3n) is 3.09. The van der Waals surface area contributed by atoms with Crippen LogP contribution in [-0.2, 0) is 0 Å². The van der Waals surface area contributed by atoms with Crippen molar-refractivity contribution >= 4 is 11.4 Å². The summed E-state index contributed by atoms with van der Waals surface area (Å²) >= 11 is 0. The van der Waals surface area contributed by atoms with Gasteiger partial charge in [0.15, 0.2) is 0 Å². The summed E-state index contributed by atoms with van der Waals surface area (Å²) in [7, 11) is 0. The molecule has 0 aromatic heterocycles. The number of nitrogen functional groups attached to an aromatic ring is 1. The molecule has 3 nitrogen and oxygen atoms in total. The van der Waals surface area contributed by atoms with E-state index in [1.165, 1.54) is 11.1 Å². The molecule has 19 heavy (non-hydrogen) atoms. The van der Waals surface area contributed by atoms with Crippen molar-refractivity contribution in [1.29, 1.82) is 0 Å². The lowest BCUT2D eigenvalue weighted by molar-refractivity contribution is 0.332. The largest absolute Gasteiger partial charge is 0.492 e. The van der Waals surface area contributed by atoms with Crippen LogP contribution in [-0.4, -0.2) is 13.2 Å². The van der Waals surface area contributed by atoms with Crippen LogP contribution >= 0.6 is 0 Å². The molecule has 2 aromatic carbocycles. The van der Waals surface area contributed by atoms with Gasteiger partial charge in [0.2, 0.25) is 0 Å². The maximum atomic E-state index is 5.70. The van der Waals surface area contributed by atoms with Gasteiger partial charge in [-0.05, 0) is 61.4 Å². The molecule has 0 fully saturated rings. The zero-order chi connectivity index (χ0) is 13.7. The molecule has 0 radical (unpaired) electrons. The molecule has 0 saturated carbocycles. The summed E-state index contributed by atoms with van der Waals surface area (Å²) < 4.78 is 5.70. The lowest BCUT2D eigenvalue weighted by Crippen LogP contribution is -2.11. The number of anilines is 2. The van der Waals surface area contributed by atoms with E-state index in [2.05, 4.69) is 31.3 Å². The molecular formula is C16H20N2O. The van der Waals surface area contributed by atoms with Crippen LogP contribution in [0.1, 0.15) is 11.1 Å². The standard InChI is InChI=1S/C16H20N2O/c1-12-3-8-16(11-13(12)2)19-10-9-18-15-6-4-14(17)5-7-15/h3-8,11,18H,9-10,17H2,1-2H3. The van der Waals surface area contributed by atoms with Gasteiger partial charge in [-0.1, -0.05) is 6.07 Å². The Balaban J connectivity index is 1.77. The van der Waals surface area contributed by atoms with Crippen molar-refractivity contribution in [2.75, 3.05) is 24.2 Å². The van der Waals surface area contributed by atoms with Gasteiger partial charge in [0.05, 0.1) is 0 Å². The first-order valence-corrected chi connectivity index (χ1v) is 6.44. The van der Waals surface area contributed by atoms with Crippen molar-refractivity contribution in [3.8, 4) is 5.75 Å². The fourth-order valence-electron chi connectivity index (χ4n) is 1.77. The minimum atomic E-state index is 0.632. The molecule has 0 amide bonds. The van der Waals surface area contributed by atoms with Crippen LogP contribution in [0.4, 0.5) is 11.4 Å². The molecule has 0 spiro atoms. The number of hydrogen-bond donors (Lipinski definition) is 2. The monoisotopic (exact) mass is 256 g/mol. The summed E-state index contributed by atoms with van der Waals surface area (Å²) in [6.45, 7) is 5.58. The highest BCUT2D eigenvalue weighted by atomic mass is 16.5. The fraction of sp³-hybridized carbons (Fsp3) is 0.250. The number of nitrogens with two attached hydrogens (primary N) is 1. The van der Waals surface area contributed by atoms with E-state index in [0.29, 0.717) is 6.61 Å². The maximum absolute atomic E-state index is 5.70. The zero-order valence-electron chi connectivity index (χ0n) is 11.4. The van der Waals surface area contributed by atoms with Crippen molar-refractivity contribution in [3.05, 3.63) is 53.6 Å². The van der Waals surface area contributed by atoms with Crippen molar-refractivity contribution in [3.63, 3.8) is 0 Å². The Bertz CT molecular complexity index is 535. The van der Waals surface area contributed by atoms with Gasteiger partial charge in [0.1, 0.15) is 12.4 Å². The van der Waals surface area contributed by atoms with Gasteiger partial charge in [0, 0.05) is 17.9 Å². The summed E-state index contributed by atoms with van der Waals surface area (Å²) in [4.78, 5) is 0. The number of hydrogen-bond acceptors (Lipinski definition) is 3. The number of benzene rings is 2. The molecule has 100 valence electrons. The van der Waals surface area contributed by atoms with Crippen LogP contribution in [0.5, 0.6) is 5.75 Å². The van der Waals surface area contributed by atoms with Crippen LogP contribution in [0.2, 0.25) is 0 Å². The van der Waals surface area contributed by atoms with E-state index in [1.54, 1.807) is 0 Å². The van der Waals surface area contributed by atoms with Crippen molar-refractivity contribution in [1.82, 2.24) is 0 Å². The predicted molar refractivity (Wildman–Crippen MR) is 80.8 cm³/mol. The van der Waals surface area contributed by atoms with Gasteiger partial charge in [-0.25, -0.2) is 0 Å². The molecule has 2 rings (SSSR count). The number of ether oxygens (including phenoxy) is 1. The Labute approximate surface area is 114 Å². The van der Waals surface area contributed by atoms with Crippen LogP contribution in [0.15, 0.2) is 42.5 Å². The predicted octanol–water partition coefficient (Wildman–Crippen LogP) is 3.38. The highest BCUT2D eigenvalue weighted by Gasteiger charge is 1.97. The van der Waals surface area contributed by atoms with E-state index < -0.39 is 0 Å². The van der Waals surface area contributed by atoms with E-state index in [0.717, 1.165) is 23.7 Å². The maximum Gasteiger partial charge on any atom is 0.119 e. The molecular weight excluding hydrogens is 236 g/mol. The summed E-state index contributed by atoms with van der Waals surface area (Å²) in [5.74, 6) is 0.919. The van der Waals surface area contributed by atoms with Crippen LogP contribution < -0.4 is 15.8 Å². The van der Waals surface area contributed by atoms with Crippen molar-refractivity contribution in [2.45, 2.75) is 13.8 Å². The quantitative estimate of drug-likeness (QED) is 0.637. The second kappa shape index (κ2) is 6.14. The minimum absolute atomic E-state index is 0.632. The van der Waals surface area contributed by atoms with Gasteiger partial charge >= 0.3 is 0 Å². The number of rotatable bonds is 5. The number of aryl methyl sites for hydroxylation is 2. The molecule has 0 aliphatic carbocycles. The zero-order valence-corrected chi connectivity index (χ0v) is 11.4. The molecule has 0 heterocycles. The Morgan fingerprint density at radius 2 is 1.74 bits per heavy atom. The van der Waals surface area contributed by atoms with Crippen LogP contribution in [0.3, 0.4) is 0 Å². The van der Waals surface area contributed by atoms with Crippen LogP contribution in [0.25, 0.3) is 0 Å². The van der Waals surface area contributed by atoms with E-state index in [-0.39, 0.29) is 0 Å². The third kappa shape index (κ3) is 3.91. The highest BCUT2D eigenvalue weighted by Crippen LogP contribution is 2.16. The van der Waals surface area contributed by atoms with E-state index in [9.17, 15) is 0 Å². The van der Waals surface area contributed by atoms with E-state index in [1.807, 2.05) is 30.3 Å².